The van der Waals surface area contributed by atoms with E-state index in [1.165, 1.54) is 11.1 Å². The summed E-state index contributed by atoms with van der Waals surface area (Å²) in [5.74, 6) is 1.21. The number of hydrogen-bond acceptors (Lipinski definition) is 5. The lowest BCUT2D eigenvalue weighted by Gasteiger charge is -2.20. The fourth-order valence-electron chi connectivity index (χ4n) is 5.13. The molecule has 0 aliphatic heterocycles. The fourth-order valence-corrected chi connectivity index (χ4v) is 5.33. The number of rotatable bonds is 13. The highest BCUT2D eigenvalue weighted by molar-refractivity contribution is 6.34. The number of carbonyl (C=O) groups is 1. The van der Waals surface area contributed by atoms with Gasteiger partial charge in [0, 0.05) is 30.7 Å². The summed E-state index contributed by atoms with van der Waals surface area (Å²) < 4.78 is 6.15. The molecule has 0 aliphatic rings. The molecule has 5 aromatic rings. The summed E-state index contributed by atoms with van der Waals surface area (Å²) in [4.78, 5) is 13.6. The number of amides is 1. The molecule has 0 radical (unpaired) electrons. The summed E-state index contributed by atoms with van der Waals surface area (Å²) in [6.45, 7) is 6.01. The number of nitrogens with zero attached hydrogens (tertiary/aromatic N) is 1. The number of halogens is 1. The minimum atomic E-state index is -0.262. The van der Waals surface area contributed by atoms with Crippen molar-refractivity contribution in [2.75, 3.05) is 6.54 Å². The van der Waals surface area contributed by atoms with Crippen molar-refractivity contribution in [3.8, 4) is 17.4 Å². The van der Waals surface area contributed by atoms with Crippen LogP contribution in [-0.4, -0.2) is 18.5 Å². The predicted octanol–water partition coefficient (Wildman–Crippen LogP) is 7.76. The highest BCUT2D eigenvalue weighted by atomic mass is 35.5. The quantitative estimate of drug-likeness (QED) is 0.126. The van der Waals surface area contributed by atoms with Gasteiger partial charge in [-0.15, -0.1) is 0 Å². The third-order valence-corrected chi connectivity index (χ3v) is 8.11. The Morgan fingerprint density at radius 1 is 0.889 bits per heavy atom. The first-order valence-electron chi connectivity index (χ1n) is 15.1. The number of carbonyl (C=O) groups excluding carboxylic acids is 1. The zero-order valence-electron chi connectivity index (χ0n) is 25.5. The zero-order chi connectivity index (χ0) is 31.6. The van der Waals surface area contributed by atoms with E-state index in [9.17, 15) is 10.1 Å². The van der Waals surface area contributed by atoms with Crippen LogP contribution in [-0.2, 0) is 19.5 Å². The van der Waals surface area contributed by atoms with Crippen LogP contribution in [0.25, 0.3) is 11.3 Å². The van der Waals surface area contributed by atoms with E-state index in [0.29, 0.717) is 48.0 Å². The van der Waals surface area contributed by atoms with Crippen molar-refractivity contribution in [3.05, 3.63) is 153 Å². The smallest absolute Gasteiger partial charge is 0.253 e. The molecule has 0 bridgehead atoms. The first-order chi connectivity index (χ1) is 21.9. The van der Waals surface area contributed by atoms with E-state index in [1.807, 2.05) is 48.5 Å². The number of aryl methyl sites for hydroxylation is 1. The lowest BCUT2D eigenvalue weighted by Crippen LogP contribution is -2.43. The molecule has 7 heteroatoms. The molecule has 6 nitrogen and oxygen atoms in total. The van der Waals surface area contributed by atoms with E-state index in [0.717, 1.165) is 22.5 Å². The van der Waals surface area contributed by atoms with Gasteiger partial charge in [-0.05, 0) is 79.4 Å². The number of benzene rings is 4. The Morgan fingerprint density at radius 3 is 2.38 bits per heavy atom. The van der Waals surface area contributed by atoms with Crippen LogP contribution < -0.4 is 16.0 Å². The van der Waals surface area contributed by atoms with Crippen LogP contribution in [0.5, 0.6) is 0 Å². The van der Waals surface area contributed by atoms with Gasteiger partial charge in [0.05, 0.1) is 28.8 Å². The van der Waals surface area contributed by atoms with Crippen LogP contribution in [0.15, 0.2) is 114 Å². The molecule has 0 unspecified atom stereocenters. The van der Waals surface area contributed by atoms with Crippen molar-refractivity contribution < 1.29 is 9.21 Å². The van der Waals surface area contributed by atoms with E-state index in [-0.39, 0.29) is 18.0 Å². The Balaban J connectivity index is 1.26. The molecule has 2 atom stereocenters. The number of hydrogen-bond donors (Lipinski definition) is 3. The zero-order valence-corrected chi connectivity index (χ0v) is 26.3. The topological polar surface area (TPSA) is 90.1 Å². The van der Waals surface area contributed by atoms with Gasteiger partial charge in [-0.3, -0.25) is 4.79 Å². The Labute approximate surface area is 270 Å². The van der Waals surface area contributed by atoms with Crippen LogP contribution >= 0.6 is 11.6 Å². The number of nitriles is 1. The van der Waals surface area contributed by atoms with Gasteiger partial charge < -0.3 is 20.4 Å². The normalized spacial score (nSPS) is 12.3. The van der Waals surface area contributed by atoms with Gasteiger partial charge in [-0.25, -0.2) is 0 Å². The van der Waals surface area contributed by atoms with Crippen LogP contribution in [0.3, 0.4) is 0 Å². The second-order valence-corrected chi connectivity index (χ2v) is 11.7. The maximum absolute atomic E-state index is 13.6. The first kappa shape index (κ1) is 31.7. The summed E-state index contributed by atoms with van der Waals surface area (Å²) in [5, 5.41) is 19.7. The Kier molecular flexibility index (Phi) is 10.8. The third kappa shape index (κ3) is 8.93. The minimum Gasteiger partial charge on any atom is -0.460 e. The van der Waals surface area contributed by atoms with E-state index < -0.39 is 0 Å². The highest BCUT2D eigenvalue weighted by Gasteiger charge is 2.19. The van der Waals surface area contributed by atoms with Gasteiger partial charge in [0.15, 0.2) is 0 Å². The molecule has 0 saturated heterocycles. The average molecular weight is 617 g/mol. The van der Waals surface area contributed by atoms with Gasteiger partial charge >= 0.3 is 0 Å². The summed E-state index contributed by atoms with van der Waals surface area (Å²) in [7, 11) is 0. The first-order valence-corrected chi connectivity index (χ1v) is 15.5. The summed E-state index contributed by atoms with van der Waals surface area (Å²) >= 11 is 6.55. The van der Waals surface area contributed by atoms with Gasteiger partial charge in [0.1, 0.15) is 11.5 Å². The Hall–Kier alpha value is -4.67. The molecular formula is C38H37ClN4O2. The molecule has 5 rings (SSSR count). The molecule has 45 heavy (non-hydrogen) atoms. The van der Waals surface area contributed by atoms with Gasteiger partial charge in [-0.1, -0.05) is 83.9 Å². The Bertz CT molecular complexity index is 1740. The summed E-state index contributed by atoms with van der Waals surface area (Å²) in [6.07, 6.45) is 0.589. The van der Waals surface area contributed by atoms with Crippen molar-refractivity contribution >= 4 is 17.5 Å². The van der Waals surface area contributed by atoms with Crippen LogP contribution in [0.1, 0.15) is 56.9 Å². The molecule has 0 spiro atoms. The number of nitrogens with one attached hydrogen (secondary N) is 3. The molecule has 0 aliphatic carbocycles. The third-order valence-electron chi connectivity index (χ3n) is 7.78. The summed E-state index contributed by atoms with van der Waals surface area (Å²) in [6, 6.07) is 37.4. The largest absolute Gasteiger partial charge is 0.460 e. The van der Waals surface area contributed by atoms with Crippen molar-refractivity contribution in [3.63, 3.8) is 0 Å². The second kappa shape index (κ2) is 15.4. The predicted molar refractivity (Wildman–Crippen MR) is 180 cm³/mol. The van der Waals surface area contributed by atoms with E-state index in [2.05, 4.69) is 72.3 Å². The van der Waals surface area contributed by atoms with Crippen molar-refractivity contribution in [2.24, 2.45) is 0 Å². The Morgan fingerprint density at radius 2 is 1.64 bits per heavy atom. The van der Waals surface area contributed by atoms with Crippen LogP contribution in [0.2, 0.25) is 5.02 Å². The second-order valence-electron chi connectivity index (χ2n) is 11.3. The van der Waals surface area contributed by atoms with E-state index in [1.54, 1.807) is 24.3 Å². The molecule has 0 fully saturated rings. The standard InChI is InChI=1S/C38H37ClN4O2/c1-26-8-14-31(15-9-26)27(2)42-25-34-17-19-37(45-34)32-16-18-36(39)35(21-32)38(44)43-33(20-28-10-12-29(22-40)13-11-28)24-41-23-30-6-4-3-5-7-30/h3-19,21,27,33,41-42H,20,23-25H2,1-2H3,(H,43,44)/t27-,33-/m1/s1. The minimum absolute atomic E-state index is 0.171. The van der Waals surface area contributed by atoms with E-state index >= 15 is 0 Å². The average Bonchev–Trinajstić information content (AvgIpc) is 3.54. The molecule has 0 saturated carbocycles. The maximum Gasteiger partial charge on any atom is 0.253 e. The highest BCUT2D eigenvalue weighted by Crippen LogP contribution is 2.27. The molecule has 1 heterocycles. The fraction of sp³-hybridized carbons (Fsp3) is 0.211. The van der Waals surface area contributed by atoms with Gasteiger partial charge in [-0.2, -0.15) is 5.26 Å². The van der Waals surface area contributed by atoms with Crippen LogP contribution in [0.4, 0.5) is 0 Å². The monoisotopic (exact) mass is 616 g/mol. The molecule has 3 N–H and O–H groups in total. The molecule has 228 valence electrons. The van der Waals surface area contributed by atoms with Crippen LogP contribution in [0, 0.1) is 18.3 Å². The van der Waals surface area contributed by atoms with Crippen molar-refractivity contribution in [1.82, 2.24) is 16.0 Å². The van der Waals surface area contributed by atoms with E-state index in [4.69, 9.17) is 16.0 Å². The summed E-state index contributed by atoms with van der Waals surface area (Å²) in [5.41, 5.74) is 6.39. The molecular weight excluding hydrogens is 580 g/mol. The van der Waals surface area contributed by atoms with Crippen molar-refractivity contribution in [2.45, 2.75) is 45.4 Å². The maximum atomic E-state index is 13.6. The van der Waals surface area contributed by atoms with Crippen molar-refractivity contribution in [1.29, 1.82) is 5.26 Å². The van der Waals surface area contributed by atoms with Gasteiger partial charge in [0.25, 0.3) is 5.91 Å². The molecule has 1 amide bonds. The number of furan rings is 1. The SMILES string of the molecule is Cc1ccc([C@@H](C)NCc2ccc(-c3ccc(Cl)c(C(=O)N[C@@H](CNCc4ccccc4)Cc4ccc(C#N)cc4)c3)o2)cc1. The van der Waals surface area contributed by atoms with Gasteiger partial charge in [0.2, 0.25) is 0 Å². The molecule has 1 aromatic heterocycles. The molecule has 4 aromatic carbocycles. The lowest BCUT2D eigenvalue weighted by atomic mass is 10.0. The lowest BCUT2D eigenvalue weighted by molar-refractivity contribution is 0.0936.